The standard InChI is InChI=1S/C12H20N2O4S/c1-9(12-10(15)5-4-6-11(12)16)13-7-8-19(17,18)14(2)3/h4-6,9,13,15-16H,7-8H2,1-3H3. The van der Waals surface area contributed by atoms with Crippen LogP contribution >= 0.6 is 0 Å². The predicted octanol–water partition coefficient (Wildman–Crippen LogP) is 0.640. The third-order valence-electron chi connectivity index (χ3n) is 2.86. The molecule has 108 valence electrons. The quantitative estimate of drug-likeness (QED) is 0.715. The zero-order valence-corrected chi connectivity index (χ0v) is 12.1. The van der Waals surface area contributed by atoms with Crippen molar-refractivity contribution >= 4 is 10.0 Å². The molecule has 0 aliphatic carbocycles. The first-order valence-corrected chi connectivity index (χ1v) is 7.51. The van der Waals surface area contributed by atoms with Gasteiger partial charge in [-0.1, -0.05) is 6.07 Å². The van der Waals surface area contributed by atoms with E-state index in [0.29, 0.717) is 5.56 Å². The van der Waals surface area contributed by atoms with Gasteiger partial charge in [0.1, 0.15) is 11.5 Å². The van der Waals surface area contributed by atoms with Gasteiger partial charge in [-0.15, -0.1) is 0 Å². The summed E-state index contributed by atoms with van der Waals surface area (Å²) in [7, 11) is -0.291. The molecule has 1 atom stereocenters. The molecule has 19 heavy (non-hydrogen) atoms. The Labute approximate surface area is 113 Å². The van der Waals surface area contributed by atoms with Gasteiger partial charge in [0.15, 0.2) is 0 Å². The second-order valence-corrected chi connectivity index (χ2v) is 6.79. The molecule has 1 unspecified atom stereocenters. The molecule has 0 bridgehead atoms. The number of benzene rings is 1. The average Bonchev–Trinajstić information content (AvgIpc) is 2.28. The Bertz CT molecular complexity index is 508. The number of hydrogen-bond donors (Lipinski definition) is 3. The van der Waals surface area contributed by atoms with Crippen molar-refractivity contribution in [2.45, 2.75) is 13.0 Å². The van der Waals surface area contributed by atoms with Crippen molar-refractivity contribution in [3.63, 3.8) is 0 Å². The summed E-state index contributed by atoms with van der Waals surface area (Å²) in [6.07, 6.45) is 0. The van der Waals surface area contributed by atoms with E-state index >= 15 is 0 Å². The Morgan fingerprint density at radius 2 is 1.79 bits per heavy atom. The second kappa shape index (κ2) is 6.23. The minimum atomic E-state index is -3.25. The number of aromatic hydroxyl groups is 2. The lowest BCUT2D eigenvalue weighted by Gasteiger charge is -2.18. The van der Waals surface area contributed by atoms with Crippen LogP contribution in [-0.2, 0) is 10.0 Å². The molecule has 0 saturated heterocycles. The van der Waals surface area contributed by atoms with Gasteiger partial charge in [-0.2, -0.15) is 0 Å². The van der Waals surface area contributed by atoms with Gasteiger partial charge >= 0.3 is 0 Å². The normalized spacial score (nSPS) is 13.7. The summed E-state index contributed by atoms with van der Waals surface area (Å²) in [5.41, 5.74) is 0.366. The van der Waals surface area contributed by atoms with Gasteiger partial charge in [0.2, 0.25) is 10.0 Å². The van der Waals surface area contributed by atoms with E-state index < -0.39 is 10.0 Å². The summed E-state index contributed by atoms with van der Waals surface area (Å²) in [6, 6.07) is 4.14. The number of hydrogen-bond acceptors (Lipinski definition) is 5. The van der Waals surface area contributed by atoms with Crippen molar-refractivity contribution in [1.82, 2.24) is 9.62 Å². The van der Waals surface area contributed by atoms with Crippen LogP contribution in [0.5, 0.6) is 11.5 Å². The topological polar surface area (TPSA) is 89.9 Å². The van der Waals surface area contributed by atoms with E-state index in [1.54, 1.807) is 6.92 Å². The molecule has 1 aromatic rings. The van der Waals surface area contributed by atoms with Crippen LogP contribution in [0.25, 0.3) is 0 Å². The highest BCUT2D eigenvalue weighted by atomic mass is 32.2. The van der Waals surface area contributed by atoms with E-state index in [9.17, 15) is 18.6 Å². The number of rotatable bonds is 6. The first kappa shape index (κ1) is 15.7. The third kappa shape index (κ3) is 4.09. The molecule has 0 saturated carbocycles. The summed E-state index contributed by atoms with van der Waals surface area (Å²) in [5, 5.41) is 22.3. The van der Waals surface area contributed by atoms with Crippen molar-refractivity contribution in [2.24, 2.45) is 0 Å². The summed E-state index contributed by atoms with van der Waals surface area (Å²) in [6.45, 7) is 1.98. The van der Waals surface area contributed by atoms with Crippen LogP contribution in [-0.4, -0.2) is 49.3 Å². The highest BCUT2D eigenvalue weighted by Gasteiger charge is 2.17. The third-order valence-corrected chi connectivity index (χ3v) is 4.69. The largest absolute Gasteiger partial charge is 0.507 e. The van der Waals surface area contributed by atoms with Crippen LogP contribution in [0.4, 0.5) is 0 Å². The van der Waals surface area contributed by atoms with Crippen LogP contribution in [0.3, 0.4) is 0 Å². The zero-order valence-electron chi connectivity index (χ0n) is 11.3. The SMILES string of the molecule is CC(NCCS(=O)(=O)N(C)C)c1c(O)cccc1O. The van der Waals surface area contributed by atoms with E-state index in [1.807, 2.05) is 0 Å². The molecule has 0 radical (unpaired) electrons. The summed E-state index contributed by atoms with van der Waals surface area (Å²) < 4.78 is 24.3. The van der Waals surface area contributed by atoms with Crippen molar-refractivity contribution in [3.05, 3.63) is 23.8 Å². The maximum atomic E-state index is 11.6. The lowest BCUT2D eigenvalue weighted by Crippen LogP contribution is -2.32. The molecular formula is C12H20N2O4S. The van der Waals surface area contributed by atoms with Gasteiger partial charge in [0.25, 0.3) is 0 Å². The molecule has 0 heterocycles. The maximum Gasteiger partial charge on any atom is 0.214 e. The number of sulfonamides is 1. The van der Waals surface area contributed by atoms with E-state index in [4.69, 9.17) is 0 Å². The van der Waals surface area contributed by atoms with Gasteiger partial charge in [0, 0.05) is 26.7 Å². The fourth-order valence-corrected chi connectivity index (χ4v) is 2.41. The van der Waals surface area contributed by atoms with E-state index in [0.717, 1.165) is 4.31 Å². The molecule has 0 aliphatic rings. The van der Waals surface area contributed by atoms with Crippen LogP contribution in [0, 0.1) is 0 Å². The lowest BCUT2D eigenvalue weighted by molar-refractivity contribution is 0.420. The zero-order chi connectivity index (χ0) is 14.6. The fourth-order valence-electron chi connectivity index (χ4n) is 1.67. The number of nitrogens with one attached hydrogen (secondary N) is 1. The summed E-state index contributed by atoms with van der Waals surface area (Å²) >= 11 is 0. The summed E-state index contributed by atoms with van der Waals surface area (Å²) in [5.74, 6) is -0.0791. The smallest absolute Gasteiger partial charge is 0.214 e. The van der Waals surface area contributed by atoms with E-state index in [2.05, 4.69) is 5.32 Å². The Kier molecular flexibility index (Phi) is 5.16. The van der Waals surface area contributed by atoms with E-state index in [1.165, 1.54) is 32.3 Å². The Balaban J connectivity index is 2.65. The Hall–Kier alpha value is -1.31. The van der Waals surface area contributed by atoms with E-state index in [-0.39, 0.29) is 29.8 Å². The Morgan fingerprint density at radius 3 is 2.26 bits per heavy atom. The second-order valence-electron chi connectivity index (χ2n) is 4.48. The molecule has 1 rings (SSSR count). The lowest BCUT2D eigenvalue weighted by atomic mass is 10.1. The van der Waals surface area contributed by atoms with Gasteiger partial charge in [-0.3, -0.25) is 0 Å². The van der Waals surface area contributed by atoms with Crippen molar-refractivity contribution in [3.8, 4) is 11.5 Å². The van der Waals surface area contributed by atoms with Crippen molar-refractivity contribution < 1.29 is 18.6 Å². The first-order chi connectivity index (χ1) is 8.75. The minimum absolute atomic E-state index is 0.0181. The van der Waals surface area contributed by atoms with Crippen LogP contribution in [0.15, 0.2) is 18.2 Å². The molecule has 0 amide bonds. The monoisotopic (exact) mass is 288 g/mol. The van der Waals surface area contributed by atoms with Gasteiger partial charge in [0.05, 0.1) is 11.3 Å². The molecule has 0 spiro atoms. The molecule has 1 aromatic carbocycles. The molecular weight excluding hydrogens is 268 g/mol. The first-order valence-electron chi connectivity index (χ1n) is 5.90. The minimum Gasteiger partial charge on any atom is -0.507 e. The van der Waals surface area contributed by atoms with Gasteiger partial charge in [-0.25, -0.2) is 12.7 Å². The highest BCUT2D eigenvalue weighted by molar-refractivity contribution is 7.89. The molecule has 0 fully saturated rings. The average molecular weight is 288 g/mol. The molecule has 6 nitrogen and oxygen atoms in total. The van der Waals surface area contributed by atoms with Crippen LogP contribution < -0.4 is 5.32 Å². The number of nitrogens with zero attached hydrogens (tertiary/aromatic N) is 1. The van der Waals surface area contributed by atoms with Crippen LogP contribution in [0.1, 0.15) is 18.5 Å². The molecule has 0 aromatic heterocycles. The van der Waals surface area contributed by atoms with Crippen molar-refractivity contribution in [1.29, 1.82) is 0 Å². The van der Waals surface area contributed by atoms with Gasteiger partial charge < -0.3 is 15.5 Å². The molecule has 0 aliphatic heterocycles. The fraction of sp³-hybridized carbons (Fsp3) is 0.500. The molecule has 3 N–H and O–H groups in total. The number of phenolic OH excluding ortho intramolecular Hbond substituents is 2. The predicted molar refractivity (Wildman–Crippen MR) is 73.7 cm³/mol. The molecule has 7 heteroatoms. The van der Waals surface area contributed by atoms with Crippen molar-refractivity contribution in [2.75, 3.05) is 26.4 Å². The summed E-state index contributed by atoms with van der Waals surface area (Å²) in [4.78, 5) is 0. The maximum absolute atomic E-state index is 11.6. The highest BCUT2D eigenvalue weighted by Crippen LogP contribution is 2.31. The van der Waals surface area contributed by atoms with Crippen LogP contribution in [0.2, 0.25) is 0 Å². The number of phenols is 2. The van der Waals surface area contributed by atoms with Gasteiger partial charge in [-0.05, 0) is 19.1 Å². The Morgan fingerprint density at radius 1 is 1.26 bits per heavy atom.